The molecule has 202 valence electrons. The number of nitriles is 1. The number of methoxy groups -OCH3 is 1. The zero-order chi connectivity index (χ0) is 26.6. The Labute approximate surface area is 224 Å². The number of rotatable bonds is 8. The molecule has 0 radical (unpaired) electrons. The van der Waals surface area contributed by atoms with Gasteiger partial charge in [-0.25, -0.2) is 4.98 Å². The van der Waals surface area contributed by atoms with Crippen molar-refractivity contribution in [3.63, 3.8) is 0 Å². The van der Waals surface area contributed by atoms with E-state index < -0.39 is 0 Å². The molecule has 0 unspecified atom stereocenters. The molecular formula is C28H39N9O. The number of allylic oxidation sites excluding steroid dienone is 1. The van der Waals surface area contributed by atoms with Crippen LogP contribution in [0.1, 0.15) is 51.9 Å². The lowest BCUT2D eigenvalue weighted by molar-refractivity contribution is 0.0819. The first-order chi connectivity index (χ1) is 18.4. The highest BCUT2D eigenvalue weighted by Gasteiger charge is 2.40. The van der Waals surface area contributed by atoms with Gasteiger partial charge in [-0.15, -0.1) is 0 Å². The average molecular weight is 518 g/mol. The van der Waals surface area contributed by atoms with E-state index in [0.717, 1.165) is 61.9 Å². The molecule has 0 spiro atoms. The average Bonchev–Trinajstić information content (AvgIpc) is 3.14. The first-order valence-electron chi connectivity index (χ1n) is 13.7. The third kappa shape index (κ3) is 5.84. The number of amidine groups is 1. The molecule has 1 aromatic heterocycles. The fourth-order valence-corrected chi connectivity index (χ4v) is 6.33. The summed E-state index contributed by atoms with van der Waals surface area (Å²) in [5.74, 6) is 1.36. The molecule has 2 aromatic rings. The quantitative estimate of drug-likeness (QED) is 0.304. The van der Waals surface area contributed by atoms with Gasteiger partial charge in [0.2, 0.25) is 5.95 Å². The highest BCUT2D eigenvalue weighted by Crippen LogP contribution is 2.37. The summed E-state index contributed by atoms with van der Waals surface area (Å²) in [5.41, 5.74) is 8.34. The van der Waals surface area contributed by atoms with Gasteiger partial charge in [0.1, 0.15) is 11.7 Å². The molecule has 3 saturated heterocycles. The molecule has 10 heteroatoms. The van der Waals surface area contributed by atoms with Crippen LogP contribution in [-0.4, -0.2) is 71.7 Å². The van der Waals surface area contributed by atoms with E-state index in [0.29, 0.717) is 42.1 Å². The Morgan fingerprint density at radius 2 is 1.95 bits per heavy atom. The Morgan fingerprint density at radius 3 is 2.61 bits per heavy atom. The minimum atomic E-state index is 0.186. The van der Waals surface area contributed by atoms with Gasteiger partial charge in [-0.2, -0.15) is 10.2 Å². The van der Waals surface area contributed by atoms with E-state index in [9.17, 15) is 0 Å². The number of ether oxygens (including phenoxy) is 1. The second-order valence-electron chi connectivity index (χ2n) is 10.8. The molecule has 0 amide bonds. The van der Waals surface area contributed by atoms with E-state index in [1.807, 2.05) is 6.07 Å². The molecule has 3 fully saturated rings. The molecule has 2 bridgehead atoms. The lowest BCUT2D eigenvalue weighted by Crippen LogP contribution is -2.47. The van der Waals surface area contributed by atoms with Gasteiger partial charge in [0, 0.05) is 68.1 Å². The second-order valence-corrected chi connectivity index (χ2v) is 10.8. The molecule has 0 aliphatic carbocycles. The molecule has 5 N–H and O–H groups in total. The van der Waals surface area contributed by atoms with Gasteiger partial charge in [0.15, 0.2) is 0 Å². The van der Waals surface area contributed by atoms with Crippen molar-refractivity contribution in [3.8, 4) is 6.07 Å². The molecule has 1 aromatic carbocycles. The summed E-state index contributed by atoms with van der Waals surface area (Å²) in [6.07, 6.45) is 8.93. The van der Waals surface area contributed by atoms with Crippen LogP contribution in [-0.2, 0) is 4.74 Å². The number of nitrogens with zero attached hydrogens (tertiary/aromatic N) is 5. The normalized spacial score (nSPS) is 24.4. The predicted octanol–water partition coefficient (Wildman–Crippen LogP) is 3.82. The van der Waals surface area contributed by atoms with Gasteiger partial charge in [0.05, 0.1) is 17.7 Å². The van der Waals surface area contributed by atoms with Crippen LogP contribution in [0.5, 0.6) is 0 Å². The largest absolute Gasteiger partial charge is 0.402 e. The summed E-state index contributed by atoms with van der Waals surface area (Å²) in [6, 6.07) is 9.86. The summed E-state index contributed by atoms with van der Waals surface area (Å²) in [7, 11) is 1.79. The van der Waals surface area contributed by atoms with Crippen molar-refractivity contribution in [2.75, 3.05) is 42.3 Å². The molecule has 3 aliphatic rings. The summed E-state index contributed by atoms with van der Waals surface area (Å²) in [6.45, 7) is 4.52. The molecule has 10 nitrogen and oxygen atoms in total. The molecule has 38 heavy (non-hydrogen) atoms. The standard InChI is InChI=1S/C28H39N9O/c1-18(30)14-26(31)34-27-24-7-6-20(36-12-8-23(38-2)9-13-36)17-25(24)33-28(35-27)32-19-15-21-4-5-22(16-19)37(21)11-3-10-29/h6-7,14,17,19,21-23H,3-5,8-9,11-13,15-16,30H2,1-2H3,(H3,31,32,33,34,35)/b18-14-/t19-,21-,22+. The maximum Gasteiger partial charge on any atom is 0.225 e. The number of nitrogens with one attached hydrogen (secondary N) is 3. The lowest BCUT2D eigenvalue weighted by Gasteiger charge is -2.38. The van der Waals surface area contributed by atoms with Crippen LogP contribution < -0.4 is 21.3 Å². The van der Waals surface area contributed by atoms with Crippen molar-refractivity contribution < 1.29 is 4.74 Å². The molecule has 0 saturated carbocycles. The van der Waals surface area contributed by atoms with E-state index in [-0.39, 0.29) is 11.9 Å². The Hall–Kier alpha value is -3.42. The Bertz CT molecular complexity index is 1210. The first kappa shape index (κ1) is 26.2. The van der Waals surface area contributed by atoms with Gasteiger partial charge in [-0.05, 0) is 69.7 Å². The van der Waals surface area contributed by atoms with Crippen molar-refractivity contribution in [2.24, 2.45) is 5.73 Å². The number of aromatic nitrogens is 2. The number of fused-ring (bicyclic) bond motifs is 3. The van der Waals surface area contributed by atoms with Gasteiger partial charge >= 0.3 is 0 Å². The van der Waals surface area contributed by atoms with E-state index in [1.165, 1.54) is 12.8 Å². The van der Waals surface area contributed by atoms with Crippen molar-refractivity contribution >= 4 is 34.2 Å². The molecule has 3 aliphatic heterocycles. The maximum absolute atomic E-state index is 9.04. The predicted molar refractivity (Wildman–Crippen MR) is 151 cm³/mol. The van der Waals surface area contributed by atoms with Gasteiger partial charge in [-0.3, -0.25) is 10.3 Å². The molecule has 3 atom stereocenters. The van der Waals surface area contributed by atoms with Crippen LogP contribution >= 0.6 is 0 Å². The second kappa shape index (κ2) is 11.5. The third-order valence-electron chi connectivity index (χ3n) is 8.15. The summed E-state index contributed by atoms with van der Waals surface area (Å²) >= 11 is 0. The zero-order valence-corrected chi connectivity index (χ0v) is 22.4. The topological polar surface area (TPSA) is 139 Å². The minimum absolute atomic E-state index is 0.186. The van der Waals surface area contributed by atoms with Crippen molar-refractivity contribution in [3.05, 3.63) is 30.0 Å². The highest BCUT2D eigenvalue weighted by atomic mass is 16.5. The van der Waals surface area contributed by atoms with Gasteiger partial charge in [-0.1, -0.05) is 0 Å². The Morgan fingerprint density at radius 1 is 1.21 bits per heavy atom. The van der Waals surface area contributed by atoms with E-state index in [4.69, 9.17) is 31.1 Å². The number of piperidine rings is 2. The minimum Gasteiger partial charge on any atom is -0.402 e. The highest BCUT2D eigenvalue weighted by molar-refractivity contribution is 6.06. The summed E-state index contributed by atoms with van der Waals surface area (Å²) < 4.78 is 5.54. The lowest BCUT2D eigenvalue weighted by atomic mass is 9.97. The van der Waals surface area contributed by atoms with Crippen LogP contribution in [0.4, 0.5) is 17.5 Å². The summed E-state index contributed by atoms with van der Waals surface area (Å²) in [5, 5.41) is 25.0. The summed E-state index contributed by atoms with van der Waals surface area (Å²) in [4.78, 5) is 14.7. The van der Waals surface area contributed by atoms with Crippen LogP contribution in [0.15, 0.2) is 30.0 Å². The van der Waals surface area contributed by atoms with Crippen molar-refractivity contribution in [1.82, 2.24) is 14.9 Å². The number of benzene rings is 1. The van der Waals surface area contributed by atoms with Crippen molar-refractivity contribution in [2.45, 2.75) is 76.1 Å². The number of nitrogens with two attached hydrogens (primary N) is 1. The fraction of sp³-hybridized carbons (Fsp3) is 0.571. The molecule has 5 rings (SSSR count). The number of hydrogen-bond donors (Lipinski definition) is 4. The van der Waals surface area contributed by atoms with E-state index >= 15 is 0 Å². The zero-order valence-electron chi connectivity index (χ0n) is 22.4. The van der Waals surface area contributed by atoms with Gasteiger partial charge in [0.25, 0.3) is 0 Å². The Kier molecular flexibility index (Phi) is 7.95. The molecule has 4 heterocycles. The van der Waals surface area contributed by atoms with Crippen LogP contribution in [0, 0.1) is 16.7 Å². The maximum atomic E-state index is 9.04. The Balaban J connectivity index is 1.40. The monoisotopic (exact) mass is 517 g/mol. The van der Waals surface area contributed by atoms with E-state index in [1.54, 1.807) is 20.1 Å². The van der Waals surface area contributed by atoms with Crippen LogP contribution in [0.2, 0.25) is 0 Å². The SMILES string of the molecule is COC1CCN(c2ccc3c(NC(=N)/C=C(/C)N)nc(N[C@@H]4C[C@H]5CC[C@@H](C4)N5CCC#N)nc3c2)CC1. The molecular weight excluding hydrogens is 478 g/mol. The third-order valence-corrected chi connectivity index (χ3v) is 8.15. The fourth-order valence-electron chi connectivity index (χ4n) is 6.33. The van der Waals surface area contributed by atoms with Crippen LogP contribution in [0.3, 0.4) is 0 Å². The first-order valence-corrected chi connectivity index (χ1v) is 13.7. The number of hydrogen-bond acceptors (Lipinski definition) is 9. The van der Waals surface area contributed by atoms with Crippen molar-refractivity contribution in [1.29, 1.82) is 10.7 Å². The van der Waals surface area contributed by atoms with E-state index in [2.05, 4.69) is 38.6 Å². The number of anilines is 3. The van der Waals surface area contributed by atoms with Gasteiger partial charge < -0.3 is 26.0 Å². The van der Waals surface area contributed by atoms with Crippen LogP contribution in [0.25, 0.3) is 10.9 Å². The smallest absolute Gasteiger partial charge is 0.225 e.